The zero-order chi connectivity index (χ0) is 15.4. The van der Waals surface area contributed by atoms with Crippen LogP contribution in [0.5, 0.6) is 11.5 Å². The third-order valence-corrected chi connectivity index (χ3v) is 3.68. The van der Waals surface area contributed by atoms with Crippen LogP contribution >= 0.6 is 11.6 Å². The molecule has 2 aromatic carbocycles. The number of methoxy groups -OCH3 is 1. The van der Waals surface area contributed by atoms with Crippen molar-refractivity contribution in [2.45, 2.75) is 19.2 Å². The van der Waals surface area contributed by atoms with Crippen molar-refractivity contribution in [2.75, 3.05) is 13.7 Å². The number of alkyl halides is 1. The van der Waals surface area contributed by atoms with Crippen molar-refractivity contribution in [1.29, 1.82) is 0 Å². The maximum absolute atomic E-state index is 14.2. The highest BCUT2D eigenvalue weighted by atomic mass is 35.5. The topological polar surface area (TPSA) is 18.5 Å². The Bertz CT molecular complexity index is 628. The Labute approximate surface area is 129 Å². The van der Waals surface area contributed by atoms with Gasteiger partial charge in [-0.1, -0.05) is 23.8 Å². The highest BCUT2D eigenvalue weighted by Gasteiger charge is 2.23. The Balaban J connectivity index is 2.54. The largest absolute Gasteiger partial charge is 0.496 e. The van der Waals surface area contributed by atoms with Crippen molar-refractivity contribution < 1.29 is 13.9 Å². The molecule has 0 aliphatic carbocycles. The predicted molar refractivity (Wildman–Crippen MR) is 83.0 cm³/mol. The smallest absolute Gasteiger partial charge is 0.131 e. The second-order valence-electron chi connectivity index (χ2n) is 4.69. The molecule has 4 heteroatoms. The van der Waals surface area contributed by atoms with Gasteiger partial charge in [0.2, 0.25) is 0 Å². The van der Waals surface area contributed by atoms with Crippen LogP contribution in [0, 0.1) is 12.7 Å². The summed E-state index contributed by atoms with van der Waals surface area (Å²) in [6.45, 7) is 4.38. The summed E-state index contributed by atoms with van der Waals surface area (Å²) in [5.74, 6) is 0.700. The fraction of sp³-hybridized carbons (Fsp3) is 0.294. The van der Waals surface area contributed by atoms with Gasteiger partial charge in [0.25, 0.3) is 0 Å². The van der Waals surface area contributed by atoms with Gasteiger partial charge >= 0.3 is 0 Å². The molecule has 0 N–H and O–H groups in total. The van der Waals surface area contributed by atoms with Crippen molar-refractivity contribution >= 4 is 11.6 Å². The van der Waals surface area contributed by atoms with Gasteiger partial charge in [-0.15, -0.1) is 11.6 Å². The second kappa shape index (κ2) is 6.81. The summed E-state index contributed by atoms with van der Waals surface area (Å²) in [6.07, 6.45) is 0. The Morgan fingerprint density at radius 1 is 1.19 bits per heavy atom. The fourth-order valence-electron chi connectivity index (χ4n) is 2.25. The van der Waals surface area contributed by atoms with E-state index in [1.807, 2.05) is 32.0 Å². The zero-order valence-electron chi connectivity index (χ0n) is 12.3. The Hall–Kier alpha value is -1.74. The molecule has 0 aliphatic rings. The van der Waals surface area contributed by atoms with Crippen LogP contribution in [0.1, 0.15) is 29.0 Å². The summed E-state index contributed by atoms with van der Waals surface area (Å²) < 4.78 is 25.0. The van der Waals surface area contributed by atoms with E-state index in [1.54, 1.807) is 12.1 Å². The molecule has 112 valence electrons. The summed E-state index contributed by atoms with van der Waals surface area (Å²) in [6, 6.07) is 10.4. The van der Waals surface area contributed by atoms with E-state index in [1.165, 1.54) is 13.2 Å². The van der Waals surface area contributed by atoms with Crippen molar-refractivity contribution in [2.24, 2.45) is 0 Å². The van der Waals surface area contributed by atoms with E-state index < -0.39 is 11.2 Å². The van der Waals surface area contributed by atoms with Gasteiger partial charge in [-0.2, -0.15) is 0 Å². The minimum absolute atomic E-state index is 0.327. The van der Waals surface area contributed by atoms with Gasteiger partial charge in [-0.25, -0.2) is 4.39 Å². The number of aryl methyl sites for hydroxylation is 1. The molecule has 0 fully saturated rings. The highest BCUT2D eigenvalue weighted by Crippen LogP contribution is 2.40. The second-order valence-corrected chi connectivity index (χ2v) is 5.13. The number of hydrogen-bond acceptors (Lipinski definition) is 2. The van der Waals surface area contributed by atoms with E-state index >= 15 is 0 Å². The standard InChI is InChI=1S/C17H18ClFO2/c1-4-21-14-9-8-11(2)10-12(14)17(18)16-13(19)6-5-7-15(16)20-3/h5-10,17H,4H2,1-3H3. The molecule has 0 radical (unpaired) electrons. The molecule has 1 unspecified atom stereocenters. The molecule has 2 nitrogen and oxygen atoms in total. The highest BCUT2D eigenvalue weighted by molar-refractivity contribution is 6.23. The van der Waals surface area contributed by atoms with E-state index in [2.05, 4.69) is 0 Å². The summed E-state index contributed by atoms with van der Waals surface area (Å²) in [5.41, 5.74) is 2.10. The first-order valence-electron chi connectivity index (χ1n) is 6.78. The van der Waals surface area contributed by atoms with E-state index in [-0.39, 0.29) is 0 Å². The van der Waals surface area contributed by atoms with Gasteiger partial charge < -0.3 is 9.47 Å². The first-order valence-corrected chi connectivity index (χ1v) is 7.22. The molecule has 2 rings (SSSR count). The summed E-state index contributed by atoms with van der Waals surface area (Å²) in [7, 11) is 1.50. The van der Waals surface area contributed by atoms with E-state index in [0.29, 0.717) is 23.7 Å². The number of benzene rings is 2. The van der Waals surface area contributed by atoms with Gasteiger partial charge in [-0.05, 0) is 32.0 Å². The van der Waals surface area contributed by atoms with Crippen LogP contribution in [-0.2, 0) is 0 Å². The number of halogens is 2. The van der Waals surface area contributed by atoms with E-state index in [9.17, 15) is 4.39 Å². The molecule has 0 heterocycles. The molecule has 0 saturated carbocycles. The molecule has 0 amide bonds. The maximum Gasteiger partial charge on any atom is 0.131 e. The first-order chi connectivity index (χ1) is 10.1. The molecular formula is C17H18ClFO2. The summed E-state index contributed by atoms with van der Waals surface area (Å²) >= 11 is 6.53. The minimum Gasteiger partial charge on any atom is -0.496 e. The fourth-order valence-corrected chi connectivity index (χ4v) is 2.63. The van der Waals surface area contributed by atoms with Gasteiger partial charge in [-0.3, -0.25) is 0 Å². The van der Waals surface area contributed by atoms with Crippen LogP contribution in [-0.4, -0.2) is 13.7 Å². The zero-order valence-corrected chi connectivity index (χ0v) is 13.1. The number of hydrogen-bond donors (Lipinski definition) is 0. The maximum atomic E-state index is 14.2. The molecule has 0 saturated heterocycles. The quantitative estimate of drug-likeness (QED) is 0.734. The molecule has 0 aliphatic heterocycles. The normalized spacial score (nSPS) is 12.0. The van der Waals surface area contributed by atoms with Crippen LogP contribution in [0.15, 0.2) is 36.4 Å². The Kier molecular flexibility index (Phi) is 5.07. The lowest BCUT2D eigenvalue weighted by molar-refractivity contribution is 0.336. The average molecular weight is 309 g/mol. The average Bonchev–Trinajstić information content (AvgIpc) is 2.48. The Morgan fingerprint density at radius 2 is 1.95 bits per heavy atom. The van der Waals surface area contributed by atoms with Crippen LogP contribution in [0.4, 0.5) is 4.39 Å². The van der Waals surface area contributed by atoms with Gasteiger partial charge in [0.15, 0.2) is 0 Å². The van der Waals surface area contributed by atoms with Gasteiger partial charge in [0.1, 0.15) is 17.3 Å². The van der Waals surface area contributed by atoms with Crippen LogP contribution < -0.4 is 9.47 Å². The minimum atomic E-state index is -0.678. The molecule has 21 heavy (non-hydrogen) atoms. The molecule has 0 bridgehead atoms. The molecule has 2 aromatic rings. The van der Waals surface area contributed by atoms with Crippen molar-refractivity contribution in [1.82, 2.24) is 0 Å². The van der Waals surface area contributed by atoms with E-state index in [0.717, 1.165) is 11.1 Å². The lowest BCUT2D eigenvalue weighted by Crippen LogP contribution is -2.04. The SMILES string of the molecule is CCOc1ccc(C)cc1C(Cl)c1c(F)cccc1OC. The third-order valence-electron chi connectivity index (χ3n) is 3.22. The predicted octanol–water partition coefficient (Wildman–Crippen LogP) is 4.87. The third kappa shape index (κ3) is 3.30. The van der Waals surface area contributed by atoms with Crippen molar-refractivity contribution in [3.63, 3.8) is 0 Å². The van der Waals surface area contributed by atoms with E-state index in [4.69, 9.17) is 21.1 Å². The number of ether oxygens (including phenoxy) is 2. The van der Waals surface area contributed by atoms with Crippen LogP contribution in [0.25, 0.3) is 0 Å². The summed E-state index contributed by atoms with van der Waals surface area (Å²) in [4.78, 5) is 0. The Morgan fingerprint density at radius 3 is 2.62 bits per heavy atom. The summed E-state index contributed by atoms with van der Waals surface area (Å²) in [5, 5.41) is -0.678. The molecule has 1 atom stereocenters. The lowest BCUT2D eigenvalue weighted by atomic mass is 10.00. The van der Waals surface area contributed by atoms with Crippen molar-refractivity contribution in [3.05, 3.63) is 58.9 Å². The molecule has 0 aromatic heterocycles. The monoisotopic (exact) mass is 308 g/mol. The lowest BCUT2D eigenvalue weighted by Gasteiger charge is -2.18. The molecule has 0 spiro atoms. The van der Waals surface area contributed by atoms with Gasteiger partial charge in [0, 0.05) is 5.56 Å². The van der Waals surface area contributed by atoms with Gasteiger partial charge in [0.05, 0.1) is 24.7 Å². The van der Waals surface area contributed by atoms with Crippen molar-refractivity contribution in [3.8, 4) is 11.5 Å². The molecular weight excluding hydrogens is 291 g/mol. The first kappa shape index (κ1) is 15.6. The van der Waals surface area contributed by atoms with Crippen LogP contribution in [0.3, 0.4) is 0 Å². The van der Waals surface area contributed by atoms with Crippen LogP contribution in [0.2, 0.25) is 0 Å². The number of rotatable bonds is 5.